The van der Waals surface area contributed by atoms with Crippen LogP contribution >= 0.6 is 0 Å². The summed E-state index contributed by atoms with van der Waals surface area (Å²) < 4.78 is 16.4. The molecule has 2 aliphatic heterocycles. The van der Waals surface area contributed by atoms with Gasteiger partial charge in [0.2, 0.25) is 0 Å². The Balaban J connectivity index is 2.07. The van der Waals surface area contributed by atoms with Gasteiger partial charge in [-0.25, -0.2) is 0 Å². The van der Waals surface area contributed by atoms with E-state index in [2.05, 4.69) is 0 Å². The molecule has 0 aromatic carbocycles. The summed E-state index contributed by atoms with van der Waals surface area (Å²) in [5, 5.41) is 39.0. The molecule has 124 valence electrons. The minimum atomic E-state index is -1.26. The van der Waals surface area contributed by atoms with Gasteiger partial charge in [0.1, 0.15) is 36.6 Å². The van der Waals surface area contributed by atoms with E-state index in [0.29, 0.717) is 0 Å². The fraction of sp³-hybridized carbons (Fsp3) is 1.00. The molecule has 2 heterocycles. The molecule has 0 saturated carbocycles. The zero-order chi connectivity index (χ0) is 15.7. The molecule has 9 atom stereocenters. The lowest BCUT2D eigenvalue weighted by molar-refractivity contribution is -0.279. The van der Waals surface area contributed by atoms with E-state index < -0.39 is 55.1 Å². The van der Waals surface area contributed by atoms with E-state index in [-0.39, 0.29) is 13.2 Å². The van der Waals surface area contributed by atoms with Gasteiger partial charge in [0, 0.05) is 6.54 Å². The van der Waals surface area contributed by atoms with Crippen LogP contribution < -0.4 is 11.5 Å². The lowest BCUT2D eigenvalue weighted by Gasteiger charge is -2.42. The Kier molecular flexibility index (Phi) is 5.52. The van der Waals surface area contributed by atoms with Gasteiger partial charge in [-0.15, -0.1) is 0 Å². The van der Waals surface area contributed by atoms with Crippen molar-refractivity contribution in [2.75, 3.05) is 13.2 Å². The number of aliphatic hydroxyl groups is 4. The Morgan fingerprint density at radius 2 is 1.71 bits per heavy atom. The van der Waals surface area contributed by atoms with Crippen LogP contribution in [-0.2, 0) is 14.2 Å². The molecule has 21 heavy (non-hydrogen) atoms. The summed E-state index contributed by atoms with van der Waals surface area (Å²) in [4.78, 5) is 0. The number of hydrogen-bond acceptors (Lipinski definition) is 9. The van der Waals surface area contributed by atoms with Crippen molar-refractivity contribution < 1.29 is 34.6 Å². The lowest BCUT2D eigenvalue weighted by Crippen LogP contribution is -2.64. The van der Waals surface area contributed by atoms with Crippen LogP contribution in [0.25, 0.3) is 0 Å². The fourth-order valence-corrected chi connectivity index (χ4v) is 2.66. The first-order chi connectivity index (χ1) is 9.90. The minimum absolute atomic E-state index is 0.0195. The third-order valence-electron chi connectivity index (χ3n) is 4.03. The summed E-state index contributed by atoms with van der Waals surface area (Å²) >= 11 is 0. The first kappa shape index (κ1) is 17.0. The van der Waals surface area contributed by atoms with Gasteiger partial charge in [-0.05, 0) is 6.92 Å². The van der Waals surface area contributed by atoms with Gasteiger partial charge >= 0.3 is 0 Å². The number of rotatable bonds is 4. The van der Waals surface area contributed by atoms with E-state index in [9.17, 15) is 20.4 Å². The van der Waals surface area contributed by atoms with Crippen molar-refractivity contribution in [2.24, 2.45) is 11.5 Å². The molecule has 4 unspecified atom stereocenters. The fourth-order valence-electron chi connectivity index (χ4n) is 2.66. The Hall–Kier alpha value is -0.360. The average molecular weight is 308 g/mol. The first-order valence-electron chi connectivity index (χ1n) is 6.97. The maximum Gasteiger partial charge on any atom is 0.176 e. The average Bonchev–Trinajstić information content (AvgIpc) is 2.75. The zero-order valence-corrected chi connectivity index (χ0v) is 11.8. The summed E-state index contributed by atoms with van der Waals surface area (Å²) in [6, 6.07) is -1.01. The molecule has 0 amide bonds. The largest absolute Gasteiger partial charge is 0.394 e. The van der Waals surface area contributed by atoms with E-state index in [1.54, 1.807) is 6.92 Å². The molecule has 0 aromatic heterocycles. The van der Waals surface area contributed by atoms with Crippen molar-refractivity contribution in [3.05, 3.63) is 0 Å². The van der Waals surface area contributed by atoms with Gasteiger partial charge in [-0.1, -0.05) is 0 Å². The predicted octanol–water partition coefficient (Wildman–Crippen LogP) is -3.76. The predicted molar refractivity (Wildman–Crippen MR) is 70.0 cm³/mol. The van der Waals surface area contributed by atoms with E-state index in [0.717, 1.165) is 0 Å². The summed E-state index contributed by atoms with van der Waals surface area (Å²) in [5.41, 5.74) is 11.3. The third kappa shape index (κ3) is 3.21. The minimum Gasteiger partial charge on any atom is -0.394 e. The highest BCUT2D eigenvalue weighted by molar-refractivity contribution is 4.95. The van der Waals surface area contributed by atoms with Crippen molar-refractivity contribution in [3.8, 4) is 0 Å². The smallest absolute Gasteiger partial charge is 0.176 e. The number of hydrogen-bond donors (Lipinski definition) is 6. The van der Waals surface area contributed by atoms with Crippen molar-refractivity contribution >= 4 is 0 Å². The molecule has 0 bridgehead atoms. The number of nitrogens with two attached hydrogens (primary N) is 2. The monoisotopic (exact) mass is 308 g/mol. The summed E-state index contributed by atoms with van der Waals surface area (Å²) in [7, 11) is 0. The van der Waals surface area contributed by atoms with E-state index in [1.807, 2.05) is 0 Å². The highest BCUT2D eigenvalue weighted by Gasteiger charge is 2.48. The van der Waals surface area contributed by atoms with Crippen LogP contribution in [0.3, 0.4) is 0 Å². The molecule has 8 N–H and O–H groups in total. The number of ether oxygens (including phenoxy) is 3. The summed E-state index contributed by atoms with van der Waals surface area (Å²) in [6.45, 7) is 1.30. The van der Waals surface area contributed by atoms with E-state index >= 15 is 0 Å². The highest BCUT2D eigenvalue weighted by atomic mass is 16.7. The Morgan fingerprint density at radius 3 is 2.29 bits per heavy atom. The number of aliphatic hydroxyl groups excluding tert-OH is 4. The summed E-state index contributed by atoms with van der Waals surface area (Å²) in [5.74, 6) is 0. The second-order valence-electron chi connectivity index (χ2n) is 5.49. The molecule has 2 rings (SSSR count). The van der Waals surface area contributed by atoms with Gasteiger partial charge in [0.05, 0.1) is 18.8 Å². The van der Waals surface area contributed by atoms with Crippen LogP contribution in [0.2, 0.25) is 0 Å². The van der Waals surface area contributed by atoms with Crippen molar-refractivity contribution in [1.82, 2.24) is 0 Å². The van der Waals surface area contributed by atoms with Gasteiger partial charge in [0.15, 0.2) is 6.29 Å². The zero-order valence-electron chi connectivity index (χ0n) is 11.8. The second-order valence-corrected chi connectivity index (χ2v) is 5.49. The molecule has 9 heteroatoms. The summed E-state index contributed by atoms with van der Waals surface area (Å²) in [6.07, 6.45) is -7.39. The Labute approximate surface area is 122 Å². The van der Waals surface area contributed by atoms with Gasteiger partial charge < -0.3 is 46.1 Å². The van der Waals surface area contributed by atoms with E-state index in [1.165, 1.54) is 0 Å². The Bertz CT molecular complexity index is 346. The van der Waals surface area contributed by atoms with Crippen LogP contribution in [0.1, 0.15) is 6.92 Å². The second kappa shape index (κ2) is 6.82. The standard InChI is InChI=1S/C12H24N2O7/c1-4-8(16)11(6(3-15)19-4)21-12-7(14)10(18)9(17)5(2-13)20-12/h4-12,15-18H,2-3,13-14H2,1H3/t4-,5-,6+,7?,8?,9?,10?,11-,12-/m0/s1. The quantitative estimate of drug-likeness (QED) is 0.306. The van der Waals surface area contributed by atoms with Crippen LogP contribution in [0.5, 0.6) is 0 Å². The topological polar surface area (TPSA) is 161 Å². The molecular weight excluding hydrogens is 284 g/mol. The molecule has 2 saturated heterocycles. The third-order valence-corrected chi connectivity index (χ3v) is 4.03. The van der Waals surface area contributed by atoms with Gasteiger partial charge in [-0.3, -0.25) is 0 Å². The van der Waals surface area contributed by atoms with Crippen LogP contribution in [0.15, 0.2) is 0 Å². The molecule has 0 radical (unpaired) electrons. The first-order valence-corrected chi connectivity index (χ1v) is 6.97. The SMILES string of the molecule is C[C@@H]1O[C@H](CO)[C@H](O[C@@H]2O[C@@H](CN)C(O)C(O)C2N)C1O. The highest BCUT2D eigenvalue weighted by Crippen LogP contribution is 2.28. The maximum absolute atomic E-state index is 10.0. The molecule has 0 spiro atoms. The lowest BCUT2D eigenvalue weighted by atomic mass is 9.97. The van der Waals surface area contributed by atoms with Gasteiger partial charge in [-0.2, -0.15) is 0 Å². The van der Waals surface area contributed by atoms with Crippen molar-refractivity contribution in [3.63, 3.8) is 0 Å². The van der Waals surface area contributed by atoms with Crippen molar-refractivity contribution in [1.29, 1.82) is 0 Å². The molecule has 2 fully saturated rings. The van der Waals surface area contributed by atoms with Crippen LogP contribution in [0, 0.1) is 0 Å². The normalized spacial score (nSPS) is 51.3. The van der Waals surface area contributed by atoms with Crippen LogP contribution in [-0.4, -0.2) is 88.6 Å². The van der Waals surface area contributed by atoms with Gasteiger partial charge in [0.25, 0.3) is 0 Å². The molecule has 0 aromatic rings. The maximum atomic E-state index is 10.0. The molecule has 2 aliphatic rings. The Morgan fingerprint density at radius 1 is 1.05 bits per heavy atom. The van der Waals surface area contributed by atoms with Crippen LogP contribution in [0.4, 0.5) is 0 Å². The van der Waals surface area contributed by atoms with E-state index in [4.69, 9.17) is 25.7 Å². The molecule has 9 nitrogen and oxygen atoms in total. The molecule has 0 aliphatic carbocycles. The molecular formula is C12H24N2O7. The van der Waals surface area contributed by atoms with Crippen molar-refractivity contribution in [2.45, 2.75) is 62.0 Å².